The SMILES string of the molecule is CCCC(OC)C(NN)c1ccc(CC)cc1. The number of hydrazine groups is 1. The molecule has 0 saturated heterocycles. The van der Waals surface area contributed by atoms with Crippen LogP contribution in [-0.4, -0.2) is 13.2 Å². The van der Waals surface area contributed by atoms with Crippen LogP contribution in [0, 0.1) is 0 Å². The molecular formula is C14H24N2O. The van der Waals surface area contributed by atoms with E-state index in [0.717, 1.165) is 19.3 Å². The fourth-order valence-corrected chi connectivity index (χ4v) is 2.08. The third kappa shape index (κ3) is 3.80. The summed E-state index contributed by atoms with van der Waals surface area (Å²) < 4.78 is 5.51. The Kier molecular flexibility index (Phi) is 6.19. The van der Waals surface area contributed by atoms with Crippen LogP contribution in [0.4, 0.5) is 0 Å². The zero-order chi connectivity index (χ0) is 12.7. The summed E-state index contributed by atoms with van der Waals surface area (Å²) in [6, 6.07) is 8.62. The van der Waals surface area contributed by atoms with Crippen LogP contribution < -0.4 is 11.3 Å². The minimum Gasteiger partial charge on any atom is -0.379 e. The molecule has 0 radical (unpaired) electrons. The molecule has 2 unspecified atom stereocenters. The van der Waals surface area contributed by atoms with Crippen molar-refractivity contribution in [3.8, 4) is 0 Å². The van der Waals surface area contributed by atoms with Crippen molar-refractivity contribution in [2.75, 3.05) is 7.11 Å². The van der Waals surface area contributed by atoms with Gasteiger partial charge in [0.1, 0.15) is 0 Å². The fraction of sp³-hybridized carbons (Fsp3) is 0.571. The predicted octanol–water partition coefficient (Wildman–Crippen LogP) is 2.57. The van der Waals surface area contributed by atoms with Gasteiger partial charge in [0.25, 0.3) is 0 Å². The van der Waals surface area contributed by atoms with Gasteiger partial charge in [0.2, 0.25) is 0 Å². The number of methoxy groups -OCH3 is 1. The van der Waals surface area contributed by atoms with Crippen LogP contribution in [0.5, 0.6) is 0 Å². The minimum atomic E-state index is 0.0610. The van der Waals surface area contributed by atoms with Crippen LogP contribution >= 0.6 is 0 Å². The van der Waals surface area contributed by atoms with E-state index in [2.05, 4.69) is 43.5 Å². The number of aryl methyl sites for hydroxylation is 1. The van der Waals surface area contributed by atoms with E-state index in [0.29, 0.717) is 0 Å². The lowest BCUT2D eigenvalue weighted by atomic mass is 9.97. The molecule has 0 amide bonds. The van der Waals surface area contributed by atoms with Crippen LogP contribution in [0.1, 0.15) is 43.9 Å². The van der Waals surface area contributed by atoms with Crippen molar-refractivity contribution in [3.63, 3.8) is 0 Å². The maximum absolute atomic E-state index is 5.65. The highest BCUT2D eigenvalue weighted by atomic mass is 16.5. The molecule has 0 saturated carbocycles. The molecule has 3 N–H and O–H groups in total. The van der Waals surface area contributed by atoms with Gasteiger partial charge in [-0.2, -0.15) is 0 Å². The summed E-state index contributed by atoms with van der Waals surface area (Å²) in [6.45, 7) is 4.31. The van der Waals surface area contributed by atoms with Crippen LogP contribution in [0.15, 0.2) is 24.3 Å². The summed E-state index contributed by atoms with van der Waals surface area (Å²) in [6.07, 6.45) is 3.27. The van der Waals surface area contributed by atoms with E-state index in [9.17, 15) is 0 Å². The highest BCUT2D eigenvalue weighted by molar-refractivity contribution is 5.25. The standard InChI is InChI=1S/C14H24N2O/c1-4-6-13(17-3)14(16-15)12-9-7-11(5-2)8-10-12/h7-10,13-14,16H,4-6,15H2,1-3H3. The quantitative estimate of drug-likeness (QED) is 0.565. The molecule has 0 aliphatic rings. The van der Waals surface area contributed by atoms with Crippen LogP contribution in [-0.2, 0) is 11.2 Å². The van der Waals surface area contributed by atoms with E-state index in [1.54, 1.807) is 7.11 Å². The predicted molar refractivity (Wildman–Crippen MR) is 71.6 cm³/mol. The maximum atomic E-state index is 5.65. The lowest BCUT2D eigenvalue weighted by molar-refractivity contribution is 0.0606. The molecule has 2 atom stereocenters. The van der Waals surface area contributed by atoms with E-state index in [1.165, 1.54) is 11.1 Å². The van der Waals surface area contributed by atoms with Crippen LogP contribution in [0.25, 0.3) is 0 Å². The Labute approximate surface area is 104 Å². The number of nitrogens with two attached hydrogens (primary N) is 1. The van der Waals surface area contributed by atoms with Crippen molar-refractivity contribution < 1.29 is 4.74 Å². The van der Waals surface area contributed by atoms with Crippen molar-refractivity contribution in [3.05, 3.63) is 35.4 Å². The first-order valence-corrected chi connectivity index (χ1v) is 6.34. The van der Waals surface area contributed by atoms with E-state index >= 15 is 0 Å². The zero-order valence-corrected chi connectivity index (χ0v) is 11.1. The molecule has 0 heterocycles. The van der Waals surface area contributed by atoms with Crippen LogP contribution in [0.3, 0.4) is 0 Å². The number of hydrogen-bond donors (Lipinski definition) is 2. The van der Waals surface area contributed by atoms with Crippen molar-refractivity contribution in [1.29, 1.82) is 0 Å². The highest BCUT2D eigenvalue weighted by Crippen LogP contribution is 2.22. The van der Waals surface area contributed by atoms with Crippen molar-refractivity contribution in [1.82, 2.24) is 5.43 Å². The molecular weight excluding hydrogens is 212 g/mol. The molecule has 0 fully saturated rings. The Morgan fingerprint density at radius 2 is 1.88 bits per heavy atom. The van der Waals surface area contributed by atoms with E-state index < -0.39 is 0 Å². The molecule has 1 aromatic carbocycles. The second-order valence-corrected chi connectivity index (χ2v) is 4.30. The fourth-order valence-electron chi connectivity index (χ4n) is 2.08. The van der Waals surface area contributed by atoms with Crippen molar-refractivity contribution in [2.45, 2.75) is 45.3 Å². The Bertz CT molecular complexity index is 311. The van der Waals surface area contributed by atoms with Gasteiger partial charge < -0.3 is 4.74 Å². The molecule has 1 rings (SSSR count). The third-order valence-corrected chi connectivity index (χ3v) is 3.17. The van der Waals surface area contributed by atoms with Gasteiger partial charge in [-0.05, 0) is 24.0 Å². The lowest BCUT2D eigenvalue weighted by Gasteiger charge is -2.25. The van der Waals surface area contributed by atoms with E-state index in [4.69, 9.17) is 10.6 Å². The van der Waals surface area contributed by atoms with Gasteiger partial charge in [0.15, 0.2) is 0 Å². The Balaban J connectivity index is 2.83. The Morgan fingerprint density at radius 1 is 1.24 bits per heavy atom. The highest BCUT2D eigenvalue weighted by Gasteiger charge is 2.20. The average Bonchev–Trinajstić information content (AvgIpc) is 2.39. The smallest absolute Gasteiger partial charge is 0.0778 e. The molecule has 17 heavy (non-hydrogen) atoms. The zero-order valence-electron chi connectivity index (χ0n) is 11.1. The first-order chi connectivity index (χ1) is 8.26. The number of rotatable bonds is 7. The summed E-state index contributed by atoms with van der Waals surface area (Å²) in [4.78, 5) is 0. The summed E-state index contributed by atoms with van der Waals surface area (Å²) in [5, 5.41) is 0. The summed E-state index contributed by atoms with van der Waals surface area (Å²) >= 11 is 0. The van der Waals surface area contributed by atoms with Gasteiger partial charge >= 0.3 is 0 Å². The summed E-state index contributed by atoms with van der Waals surface area (Å²) in [5.41, 5.74) is 5.39. The molecule has 96 valence electrons. The lowest BCUT2D eigenvalue weighted by Crippen LogP contribution is -2.37. The number of nitrogens with one attached hydrogen (secondary N) is 1. The normalized spacial score (nSPS) is 14.6. The molecule has 0 aliphatic heterocycles. The third-order valence-electron chi connectivity index (χ3n) is 3.17. The van der Waals surface area contributed by atoms with Crippen molar-refractivity contribution >= 4 is 0 Å². The summed E-state index contributed by atoms with van der Waals surface area (Å²) in [5.74, 6) is 5.65. The molecule has 0 bridgehead atoms. The minimum absolute atomic E-state index is 0.0610. The van der Waals surface area contributed by atoms with Gasteiger partial charge in [-0.25, -0.2) is 0 Å². The number of benzene rings is 1. The Morgan fingerprint density at radius 3 is 2.29 bits per heavy atom. The second-order valence-electron chi connectivity index (χ2n) is 4.30. The summed E-state index contributed by atoms with van der Waals surface area (Å²) in [7, 11) is 1.74. The van der Waals surface area contributed by atoms with Gasteiger partial charge in [-0.15, -0.1) is 0 Å². The topological polar surface area (TPSA) is 47.3 Å². The average molecular weight is 236 g/mol. The van der Waals surface area contributed by atoms with E-state index in [-0.39, 0.29) is 12.1 Å². The number of ether oxygens (including phenoxy) is 1. The first kappa shape index (κ1) is 14.2. The van der Waals surface area contributed by atoms with Crippen LogP contribution in [0.2, 0.25) is 0 Å². The molecule has 0 spiro atoms. The van der Waals surface area contributed by atoms with Gasteiger partial charge in [-0.1, -0.05) is 44.5 Å². The molecule has 1 aromatic rings. The molecule has 0 aliphatic carbocycles. The van der Waals surface area contributed by atoms with E-state index in [1.807, 2.05) is 0 Å². The number of hydrogen-bond acceptors (Lipinski definition) is 3. The molecule has 3 nitrogen and oxygen atoms in total. The second kappa shape index (κ2) is 7.43. The van der Waals surface area contributed by atoms with Gasteiger partial charge in [0, 0.05) is 7.11 Å². The first-order valence-electron chi connectivity index (χ1n) is 6.34. The van der Waals surface area contributed by atoms with Gasteiger partial charge in [0.05, 0.1) is 12.1 Å². The van der Waals surface area contributed by atoms with Crippen molar-refractivity contribution in [2.24, 2.45) is 5.84 Å². The van der Waals surface area contributed by atoms with Gasteiger partial charge in [-0.3, -0.25) is 11.3 Å². The molecule has 3 heteroatoms. The monoisotopic (exact) mass is 236 g/mol. The Hall–Kier alpha value is -0.900. The maximum Gasteiger partial charge on any atom is 0.0778 e. The molecule has 0 aromatic heterocycles. The largest absolute Gasteiger partial charge is 0.379 e.